The Morgan fingerprint density at radius 1 is 1.33 bits per heavy atom. The van der Waals surface area contributed by atoms with E-state index in [1.807, 2.05) is 0 Å². The van der Waals surface area contributed by atoms with Gasteiger partial charge in [0.1, 0.15) is 0 Å². The molecule has 2 fully saturated rings. The Labute approximate surface area is 89.5 Å². The molecule has 2 heterocycles. The minimum absolute atomic E-state index is 0.0895. The fraction of sp³-hybridized carbons (Fsp3) is 0.889. The van der Waals surface area contributed by atoms with Crippen molar-refractivity contribution in [2.75, 3.05) is 24.6 Å². The van der Waals surface area contributed by atoms with Gasteiger partial charge in [0.25, 0.3) is 0 Å². The molecule has 0 aliphatic carbocycles. The molecule has 2 saturated heterocycles. The van der Waals surface area contributed by atoms with E-state index in [1.54, 1.807) is 0 Å². The summed E-state index contributed by atoms with van der Waals surface area (Å²) in [6.45, 7) is 1.43. The molecule has 0 radical (unpaired) electrons. The molecule has 0 aromatic carbocycles. The van der Waals surface area contributed by atoms with Crippen LogP contribution in [0.1, 0.15) is 12.8 Å². The molecule has 0 saturated carbocycles. The molecule has 15 heavy (non-hydrogen) atoms. The molecule has 1 amide bonds. The molecule has 2 unspecified atom stereocenters. The second-order valence-electron chi connectivity index (χ2n) is 4.44. The van der Waals surface area contributed by atoms with Gasteiger partial charge in [0, 0.05) is 12.6 Å². The summed E-state index contributed by atoms with van der Waals surface area (Å²) in [6, 6.07) is 0.111. The highest BCUT2D eigenvalue weighted by atomic mass is 32.2. The van der Waals surface area contributed by atoms with Gasteiger partial charge in [-0.05, 0) is 19.4 Å². The minimum Gasteiger partial charge on any atom is -0.369 e. The Kier molecular flexibility index (Phi) is 2.72. The van der Waals surface area contributed by atoms with E-state index in [-0.39, 0.29) is 29.4 Å². The minimum atomic E-state index is -2.83. The second kappa shape index (κ2) is 3.75. The number of carbonyl (C=O) groups excluding carboxylic acids is 1. The normalized spacial score (nSPS) is 35.7. The fourth-order valence-corrected chi connectivity index (χ4v) is 4.18. The zero-order valence-electron chi connectivity index (χ0n) is 8.55. The molecule has 5 nitrogen and oxygen atoms in total. The van der Waals surface area contributed by atoms with Gasteiger partial charge in [-0.1, -0.05) is 0 Å². The lowest BCUT2D eigenvalue weighted by Gasteiger charge is -2.21. The summed E-state index contributed by atoms with van der Waals surface area (Å²) in [6.07, 6.45) is 1.47. The van der Waals surface area contributed by atoms with Crippen LogP contribution in [-0.2, 0) is 14.6 Å². The van der Waals surface area contributed by atoms with Gasteiger partial charge in [-0.25, -0.2) is 8.42 Å². The van der Waals surface area contributed by atoms with Crippen LogP contribution in [0.3, 0.4) is 0 Å². The van der Waals surface area contributed by atoms with Crippen molar-refractivity contribution in [1.82, 2.24) is 4.90 Å². The number of primary amides is 1. The summed E-state index contributed by atoms with van der Waals surface area (Å²) >= 11 is 0. The SMILES string of the molecule is NC(=O)C1CCN(C2CCS(=O)(=O)C2)C1. The van der Waals surface area contributed by atoms with Crippen molar-refractivity contribution in [3.05, 3.63) is 0 Å². The molecule has 2 rings (SSSR count). The Hall–Kier alpha value is -0.620. The van der Waals surface area contributed by atoms with Crippen molar-refractivity contribution in [3.63, 3.8) is 0 Å². The number of likely N-dealkylation sites (tertiary alicyclic amines) is 1. The monoisotopic (exact) mass is 232 g/mol. The zero-order chi connectivity index (χ0) is 11.1. The van der Waals surface area contributed by atoms with Crippen LogP contribution in [0.25, 0.3) is 0 Å². The number of rotatable bonds is 2. The third-order valence-corrected chi connectivity index (χ3v) is 5.10. The Bertz CT molecular complexity index is 366. The van der Waals surface area contributed by atoms with Crippen LogP contribution in [0.2, 0.25) is 0 Å². The third kappa shape index (κ3) is 2.31. The van der Waals surface area contributed by atoms with Crippen molar-refractivity contribution >= 4 is 15.7 Å². The van der Waals surface area contributed by atoms with Crippen LogP contribution in [-0.4, -0.2) is 49.9 Å². The van der Waals surface area contributed by atoms with E-state index < -0.39 is 9.84 Å². The van der Waals surface area contributed by atoms with Crippen LogP contribution >= 0.6 is 0 Å². The molecule has 0 aromatic heterocycles. The molecule has 0 bridgehead atoms. The maximum absolute atomic E-state index is 11.3. The highest BCUT2D eigenvalue weighted by Gasteiger charge is 2.37. The quantitative estimate of drug-likeness (QED) is 0.661. The van der Waals surface area contributed by atoms with Crippen LogP contribution in [0.5, 0.6) is 0 Å². The first-order valence-corrected chi connectivity index (χ1v) is 7.04. The van der Waals surface area contributed by atoms with Crippen molar-refractivity contribution in [2.45, 2.75) is 18.9 Å². The zero-order valence-corrected chi connectivity index (χ0v) is 9.37. The Morgan fingerprint density at radius 2 is 2.07 bits per heavy atom. The van der Waals surface area contributed by atoms with Gasteiger partial charge in [0.15, 0.2) is 9.84 Å². The number of nitrogens with two attached hydrogens (primary N) is 1. The lowest BCUT2D eigenvalue weighted by molar-refractivity contribution is -0.121. The Balaban J connectivity index is 1.95. The van der Waals surface area contributed by atoms with E-state index in [2.05, 4.69) is 4.90 Å². The summed E-state index contributed by atoms with van der Waals surface area (Å²) < 4.78 is 22.6. The topological polar surface area (TPSA) is 80.5 Å². The van der Waals surface area contributed by atoms with E-state index in [9.17, 15) is 13.2 Å². The molecule has 0 aromatic rings. The largest absolute Gasteiger partial charge is 0.369 e. The van der Waals surface area contributed by atoms with E-state index in [0.29, 0.717) is 13.0 Å². The molecule has 2 aliphatic heterocycles. The molecule has 86 valence electrons. The highest BCUT2D eigenvalue weighted by Crippen LogP contribution is 2.24. The summed E-state index contributed by atoms with van der Waals surface area (Å²) in [5, 5.41) is 0. The number of hydrogen-bond donors (Lipinski definition) is 1. The number of amides is 1. The first-order chi connectivity index (χ1) is 6.98. The second-order valence-corrected chi connectivity index (χ2v) is 6.67. The van der Waals surface area contributed by atoms with E-state index in [1.165, 1.54) is 0 Å². The molecule has 2 N–H and O–H groups in total. The van der Waals surface area contributed by atoms with E-state index in [0.717, 1.165) is 13.0 Å². The Morgan fingerprint density at radius 3 is 2.53 bits per heavy atom. The molecular formula is C9H16N2O3S. The van der Waals surface area contributed by atoms with Crippen LogP contribution in [0, 0.1) is 5.92 Å². The van der Waals surface area contributed by atoms with Crippen molar-refractivity contribution in [3.8, 4) is 0 Å². The van der Waals surface area contributed by atoms with Crippen molar-refractivity contribution in [1.29, 1.82) is 0 Å². The molecule has 0 spiro atoms. The van der Waals surface area contributed by atoms with Crippen molar-refractivity contribution in [2.24, 2.45) is 11.7 Å². The summed E-state index contributed by atoms with van der Waals surface area (Å²) in [5.74, 6) is 0.181. The number of hydrogen-bond acceptors (Lipinski definition) is 4. The van der Waals surface area contributed by atoms with Gasteiger partial charge in [0.2, 0.25) is 5.91 Å². The van der Waals surface area contributed by atoms with Crippen LogP contribution in [0.15, 0.2) is 0 Å². The molecule has 2 atom stereocenters. The van der Waals surface area contributed by atoms with Gasteiger partial charge < -0.3 is 5.73 Å². The fourth-order valence-electron chi connectivity index (χ4n) is 2.41. The van der Waals surface area contributed by atoms with Crippen LogP contribution < -0.4 is 5.73 Å². The lowest BCUT2D eigenvalue weighted by atomic mass is 10.1. The number of carbonyl (C=O) groups is 1. The van der Waals surface area contributed by atoms with Gasteiger partial charge in [0.05, 0.1) is 17.4 Å². The number of nitrogens with zero attached hydrogens (tertiary/aromatic N) is 1. The number of sulfone groups is 1. The highest BCUT2D eigenvalue weighted by molar-refractivity contribution is 7.91. The standard InChI is InChI=1S/C9H16N2O3S/c10-9(12)7-1-3-11(5-7)8-2-4-15(13,14)6-8/h7-8H,1-6H2,(H2,10,12). The smallest absolute Gasteiger partial charge is 0.221 e. The predicted octanol–water partition coefficient (Wildman–Crippen LogP) is -1.02. The lowest BCUT2D eigenvalue weighted by Crippen LogP contribution is -2.35. The van der Waals surface area contributed by atoms with Gasteiger partial charge in [-0.3, -0.25) is 9.69 Å². The molecular weight excluding hydrogens is 216 g/mol. The molecule has 6 heteroatoms. The van der Waals surface area contributed by atoms with Gasteiger partial charge in [-0.15, -0.1) is 0 Å². The van der Waals surface area contributed by atoms with Crippen molar-refractivity contribution < 1.29 is 13.2 Å². The summed E-state index contributed by atoms with van der Waals surface area (Å²) in [5.41, 5.74) is 5.23. The summed E-state index contributed by atoms with van der Waals surface area (Å²) in [7, 11) is -2.83. The predicted molar refractivity (Wildman–Crippen MR) is 55.9 cm³/mol. The maximum Gasteiger partial charge on any atom is 0.221 e. The van der Waals surface area contributed by atoms with Gasteiger partial charge in [-0.2, -0.15) is 0 Å². The average molecular weight is 232 g/mol. The first kappa shape index (κ1) is 10.9. The summed E-state index contributed by atoms with van der Waals surface area (Å²) in [4.78, 5) is 13.1. The average Bonchev–Trinajstić information content (AvgIpc) is 2.70. The van der Waals surface area contributed by atoms with Gasteiger partial charge >= 0.3 is 0 Å². The van der Waals surface area contributed by atoms with E-state index >= 15 is 0 Å². The third-order valence-electron chi connectivity index (χ3n) is 3.35. The van der Waals surface area contributed by atoms with Crippen LogP contribution in [0.4, 0.5) is 0 Å². The maximum atomic E-state index is 11.3. The first-order valence-electron chi connectivity index (χ1n) is 5.22. The molecule has 2 aliphatic rings. The van der Waals surface area contributed by atoms with E-state index in [4.69, 9.17) is 5.73 Å².